The van der Waals surface area contributed by atoms with Crippen LogP contribution >= 0.6 is 12.6 Å². The lowest BCUT2D eigenvalue weighted by atomic mass is 10.0. The first-order chi connectivity index (χ1) is 15.5. The molecule has 5 rings (SSSR count). The van der Waals surface area contributed by atoms with E-state index in [1.807, 2.05) is 12.1 Å². The molecule has 0 aliphatic carbocycles. The molecule has 0 unspecified atom stereocenters. The second-order valence-corrected chi connectivity index (χ2v) is 9.33. The molecular formula is C23H31N5O3S. The molecule has 8 nitrogen and oxygen atoms in total. The summed E-state index contributed by atoms with van der Waals surface area (Å²) >= 11 is 4.65. The van der Waals surface area contributed by atoms with Gasteiger partial charge in [-0.2, -0.15) is 0 Å². The Bertz CT molecular complexity index is 1030. The standard InChI is InChI=1S/C23H31N5O3S/c1-25-9-7-22(32)28(25)17-5-10-26(11-6-17)15-21-24-19-4-3-16(23(29)30-2)13-20(19)27(21)14-18-8-12-31-18/h3-4,7,13,17-18,32H,5-6,8-12,14-15H2,1-2H3/t18-/m1/s1. The maximum atomic E-state index is 12.1. The highest BCUT2D eigenvalue weighted by atomic mass is 32.1. The number of carbonyl (C=O) groups is 1. The van der Waals surface area contributed by atoms with E-state index in [-0.39, 0.29) is 12.1 Å². The zero-order valence-electron chi connectivity index (χ0n) is 18.7. The zero-order chi connectivity index (χ0) is 22.2. The number of fused-ring (bicyclic) bond motifs is 1. The van der Waals surface area contributed by atoms with Crippen LogP contribution in [0.2, 0.25) is 0 Å². The van der Waals surface area contributed by atoms with E-state index in [2.05, 4.69) is 45.2 Å². The van der Waals surface area contributed by atoms with Crippen LogP contribution in [0.25, 0.3) is 11.0 Å². The Morgan fingerprint density at radius 3 is 2.69 bits per heavy atom. The summed E-state index contributed by atoms with van der Waals surface area (Å²) in [6.07, 6.45) is 5.64. The number of likely N-dealkylation sites (tertiary alicyclic amines) is 1. The lowest BCUT2D eigenvalue weighted by molar-refractivity contribution is -0.0593. The molecule has 1 aromatic carbocycles. The quantitative estimate of drug-likeness (QED) is 0.528. The number of hydrogen-bond acceptors (Lipinski definition) is 8. The summed E-state index contributed by atoms with van der Waals surface area (Å²) in [5.41, 5.74) is 2.43. The van der Waals surface area contributed by atoms with Gasteiger partial charge in [0.1, 0.15) is 5.82 Å². The van der Waals surface area contributed by atoms with E-state index in [1.54, 1.807) is 6.07 Å². The lowest BCUT2D eigenvalue weighted by Crippen LogP contribution is -2.47. The number of piperidine rings is 1. The molecule has 2 saturated heterocycles. The van der Waals surface area contributed by atoms with E-state index in [0.29, 0.717) is 11.6 Å². The number of ether oxygens (including phenoxy) is 2. The Morgan fingerprint density at radius 1 is 1.28 bits per heavy atom. The first-order valence-electron chi connectivity index (χ1n) is 11.3. The minimum absolute atomic E-state index is 0.213. The third-order valence-electron chi connectivity index (χ3n) is 6.84. The SMILES string of the molecule is COC(=O)c1ccc2nc(CN3CCC(N4C(S)=CCN4C)CC3)n(C[C@H]3CCO3)c2c1. The monoisotopic (exact) mass is 457 g/mol. The van der Waals surface area contributed by atoms with Gasteiger partial charge in [-0.1, -0.05) is 0 Å². The molecule has 172 valence electrons. The maximum absolute atomic E-state index is 12.1. The molecule has 3 aliphatic rings. The first kappa shape index (κ1) is 21.8. The van der Waals surface area contributed by atoms with Gasteiger partial charge in [-0.05, 0) is 43.5 Å². The number of likely N-dealkylation sites (N-methyl/N-ethyl adjacent to an activating group) is 1. The molecule has 1 aromatic heterocycles. The number of thiol groups is 1. The van der Waals surface area contributed by atoms with Gasteiger partial charge < -0.3 is 14.0 Å². The van der Waals surface area contributed by atoms with Crippen LogP contribution in [0.4, 0.5) is 0 Å². The van der Waals surface area contributed by atoms with Crippen LogP contribution in [0, 0.1) is 0 Å². The second kappa shape index (κ2) is 9.05. The number of imidazole rings is 1. The lowest BCUT2D eigenvalue weighted by Gasteiger charge is -2.41. The van der Waals surface area contributed by atoms with Gasteiger partial charge in [0, 0.05) is 39.3 Å². The Kier molecular flexibility index (Phi) is 6.16. The molecule has 4 heterocycles. The topological polar surface area (TPSA) is 63.1 Å². The summed E-state index contributed by atoms with van der Waals surface area (Å²) in [5.74, 6) is 0.705. The van der Waals surface area contributed by atoms with E-state index >= 15 is 0 Å². The number of esters is 1. The summed E-state index contributed by atoms with van der Waals surface area (Å²) in [6, 6.07) is 6.09. The van der Waals surface area contributed by atoms with Crippen molar-refractivity contribution >= 4 is 29.6 Å². The Hall–Kier alpha value is -2.07. The fraction of sp³-hybridized carbons (Fsp3) is 0.565. The molecule has 9 heteroatoms. The Morgan fingerprint density at radius 2 is 2.06 bits per heavy atom. The molecule has 0 bridgehead atoms. The number of carbonyl (C=O) groups excluding carboxylic acids is 1. The normalized spacial score (nSPS) is 22.9. The van der Waals surface area contributed by atoms with Gasteiger partial charge in [-0.3, -0.25) is 9.91 Å². The van der Waals surface area contributed by atoms with Gasteiger partial charge >= 0.3 is 5.97 Å². The number of hydrazine groups is 1. The molecule has 0 spiro atoms. The molecule has 2 fully saturated rings. The highest BCUT2D eigenvalue weighted by Crippen LogP contribution is 2.29. The van der Waals surface area contributed by atoms with Crippen LogP contribution in [0.15, 0.2) is 29.3 Å². The fourth-order valence-electron chi connectivity index (χ4n) is 4.93. The Labute approximate surface area is 194 Å². The molecule has 32 heavy (non-hydrogen) atoms. The average Bonchev–Trinajstić information content (AvgIpc) is 3.29. The van der Waals surface area contributed by atoms with Crippen molar-refractivity contribution in [1.82, 2.24) is 24.5 Å². The van der Waals surface area contributed by atoms with Crippen molar-refractivity contribution in [3.63, 3.8) is 0 Å². The molecule has 0 amide bonds. The van der Waals surface area contributed by atoms with Crippen LogP contribution in [0.1, 0.15) is 35.4 Å². The number of nitrogens with zero attached hydrogens (tertiary/aromatic N) is 5. The molecule has 3 aliphatic heterocycles. The summed E-state index contributed by atoms with van der Waals surface area (Å²) in [7, 11) is 3.53. The van der Waals surface area contributed by atoms with E-state index in [0.717, 1.165) is 80.5 Å². The average molecular weight is 458 g/mol. The van der Waals surface area contributed by atoms with Crippen LogP contribution < -0.4 is 0 Å². The summed E-state index contributed by atoms with van der Waals surface area (Å²) in [4.78, 5) is 19.5. The number of aromatic nitrogens is 2. The predicted molar refractivity (Wildman–Crippen MR) is 125 cm³/mol. The van der Waals surface area contributed by atoms with E-state index in [9.17, 15) is 4.79 Å². The van der Waals surface area contributed by atoms with Crippen molar-refractivity contribution in [3.8, 4) is 0 Å². The third kappa shape index (κ3) is 4.14. The minimum Gasteiger partial charge on any atom is -0.465 e. The highest BCUT2D eigenvalue weighted by Gasteiger charge is 2.31. The molecule has 2 aromatic rings. The molecular weight excluding hydrogens is 426 g/mol. The Balaban J connectivity index is 1.34. The number of hydrogen-bond donors (Lipinski definition) is 1. The van der Waals surface area contributed by atoms with Crippen LogP contribution in [-0.4, -0.2) is 83.0 Å². The number of benzene rings is 1. The van der Waals surface area contributed by atoms with Crippen LogP contribution in [-0.2, 0) is 22.6 Å². The first-order valence-corrected chi connectivity index (χ1v) is 11.8. The molecule has 1 atom stereocenters. The van der Waals surface area contributed by atoms with Crippen LogP contribution in [0.3, 0.4) is 0 Å². The van der Waals surface area contributed by atoms with Gasteiger partial charge in [0.15, 0.2) is 0 Å². The predicted octanol–water partition coefficient (Wildman–Crippen LogP) is 2.51. The molecule has 0 saturated carbocycles. The van der Waals surface area contributed by atoms with Crippen molar-refractivity contribution in [2.45, 2.75) is 44.5 Å². The van der Waals surface area contributed by atoms with Crippen molar-refractivity contribution in [2.75, 3.05) is 40.4 Å². The smallest absolute Gasteiger partial charge is 0.337 e. The number of rotatable bonds is 6. The van der Waals surface area contributed by atoms with Crippen molar-refractivity contribution < 1.29 is 14.3 Å². The van der Waals surface area contributed by atoms with E-state index in [1.165, 1.54) is 7.11 Å². The molecule has 0 radical (unpaired) electrons. The highest BCUT2D eigenvalue weighted by molar-refractivity contribution is 7.84. The van der Waals surface area contributed by atoms with E-state index < -0.39 is 0 Å². The van der Waals surface area contributed by atoms with E-state index in [4.69, 9.17) is 14.5 Å². The maximum Gasteiger partial charge on any atom is 0.337 e. The zero-order valence-corrected chi connectivity index (χ0v) is 19.6. The van der Waals surface area contributed by atoms with Gasteiger partial charge in [-0.25, -0.2) is 14.8 Å². The fourth-order valence-corrected chi connectivity index (χ4v) is 5.33. The third-order valence-corrected chi connectivity index (χ3v) is 7.22. The molecule has 0 N–H and O–H groups in total. The largest absolute Gasteiger partial charge is 0.465 e. The van der Waals surface area contributed by atoms with Gasteiger partial charge in [0.2, 0.25) is 0 Å². The summed E-state index contributed by atoms with van der Waals surface area (Å²) < 4.78 is 12.9. The minimum atomic E-state index is -0.326. The summed E-state index contributed by atoms with van der Waals surface area (Å²) in [5, 5.41) is 5.65. The van der Waals surface area contributed by atoms with Crippen molar-refractivity contribution in [2.24, 2.45) is 0 Å². The van der Waals surface area contributed by atoms with Gasteiger partial charge in [0.25, 0.3) is 0 Å². The second-order valence-electron chi connectivity index (χ2n) is 8.87. The number of methoxy groups -OCH3 is 1. The van der Waals surface area contributed by atoms with Crippen molar-refractivity contribution in [1.29, 1.82) is 0 Å². The van der Waals surface area contributed by atoms with Crippen LogP contribution in [0.5, 0.6) is 0 Å². The van der Waals surface area contributed by atoms with Crippen molar-refractivity contribution in [3.05, 3.63) is 40.7 Å². The van der Waals surface area contributed by atoms with Gasteiger partial charge in [-0.15, -0.1) is 12.6 Å². The summed E-state index contributed by atoms with van der Waals surface area (Å²) in [6.45, 7) is 5.35. The van der Waals surface area contributed by atoms with Gasteiger partial charge in [0.05, 0.1) is 47.9 Å².